The van der Waals surface area contributed by atoms with Gasteiger partial charge in [-0.25, -0.2) is 9.67 Å². The summed E-state index contributed by atoms with van der Waals surface area (Å²) in [7, 11) is 4.75. The van der Waals surface area contributed by atoms with Gasteiger partial charge in [0.05, 0.1) is 56.9 Å². The number of aliphatic hydroxyl groups excluding tert-OH is 1. The van der Waals surface area contributed by atoms with Crippen LogP contribution in [-0.2, 0) is 4.74 Å². The first-order chi connectivity index (χ1) is 20.0. The molecule has 2 saturated heterocycles. The summed E-state index contributed by atoms with van der Waals surface area (Å²) in [6.07, 6.45) is 8.25. The van der Waals surface area contributed by atoms with Gasteiger partial charge in [0.25, 0.3) is 0 Å². The number of methoxy groups -OCH3 is 3. The summed E-state index contributed by atoms with van der Waals surface area (Å²) >= 11 is 0. The van der Waals surface area contributed by atoms with E-state index in [2.05, 4.69) is 15.2 Å². The molecular formula is C28H36N8O5. The Bertz CT molecular complexity index is 1500. The number of aryl methyl sites for hydroxylation is 1. The molecule has 41 heavy (non-hydrogen) atoms. The minimum absolute atomic E-state index is 0.0251. The van der Waals surface area contributed by atoms with Crippen LogP contribution in [0.25, 0.3) is 16.7 Å². The average Bonchev–Trinajstić information content (AvgIpc) is 3.75. The Kier molecular flexibility index (Phi) is 7.54. The first kappa shape index (κ1) is 27.1. The van der Waals surface area contributed by atoms with Crippen molar-refractivity contribution in [2.45, 2.75) is 51.3 Å². The van der Waals surface area contributed by atoms with Crippen LogP contribution in [0.2, 0.25) is 0 Å². The molecule has 0 aliphatic carbocycles. The molecule has 0 radical (unpaired) electrons. The number of nitrogens with one attached hydrogen (secondary N) is 1. The van der Waals surface area contributed by atoms with Crippen LogP contribution in [-0.4, -0.2) is 81.5 Å². The number of hydrogen-bond acceptors (Lipinski definition) is 11. The van der Waals surface area contributed by atoms with Gasteiger partial charge in [0, 0.05) is 25.3 Å². The first-order valence-corrected chi connectivity index (χ1v) is 13.9. The molecule has 2 aliphatic heterocycles. The molecule has 6 rings (SSSR count). The zero-order valence-corrected chi connectivity index (χ0v) is 23.8. The van der Waals surface area contributed by atoms with Gasteiger partial charge in [-0.3, -0.25) is 0 Å². The van der Waals surface area contributed by atoms with E-state index in [-0.39, 0.29) is 18.9 Å². The number of rotatable bonds is 9. The van der Waals surface area contributed by atoms with E-state index >= 15 is 0 Å². The van der Waals surface area contributed by atoms with E-state index in [0.29, 0.717) is 47.1 Å². The lowest BCUT2D eigenvalue weighted by Crippen LogP contribution is -2.33. The summed E-state index contributed by atoms with van der Waals surface area (Å²) < 4.78 is 26.3. The van der Waals surface area contributed by atoms with Crippen molar-refractivity contribution in [3.8, 4) is 22.9 Å². The van der Waals surface area contributed by atoms with Gasteiger partial charge < -0.3 is 38.8 Å². The smallest absolute Gasteiger partial charge is 0.229 e. The van der Waals surface area contributed by atoms with Crippen molar-refractivity contribution in [2.75, 3.05) is 51.3 Å². The second kappa shape index (κ2) is 11.4. The van der Waals surface area contributed by atoms with Gasteiger partial charge >= 0.3 is 0 Å². The third-order valence-corrected chi connectivity index (χ3v) is 7.76. The van der Waals surface area contributed by atoms with Crippen molar-refractivity contribution < 1.29 is 24.1 Å². The maximum absolute atomic E-state index is 10.0. The predicted octanol–water partition coefficient (Wildman–Crippen LogP) is 3.75. The van der Waals surface area contributed by atoms with Crippen LogP contribution in [0, 0.1) is 6.92 Å². The van der Waals surface area contributed by atoms with Gasteiger partial charge in [-0.15, -0.1) is 0 Å². The zero-order chi connectivity index (χ0) is 28.5. The Morgan fingerprint density at radius 2 is 1.85 bits per heavy atom. The quantitative estimate of drug-likeness (QED) is 0.308. The van der Waals surface area contributed by atoms with Crippen molar-refractivity contribution in [2.24, 2.45) is 0 Å². The largest absolute Gasteiger partial charge is 0.493 e. The third-order valence-electron chi connectivity index (χ3n) is 7.76. The second-order valence-corrected chi connectivity index (χ2v) is 10.3. The molecule has 218 valence electrons. The highest BCUT2D eigenvalue weighted by molar-refractivity contribution is 5.92. The van der Waals surface area contributed by atoms with Crippen molar-refractivity contribution in [1.82, 2.24) is 29.3 Å². The molecule has 3 aromatic heterocycles. The lowest BCUT2D eigenvalue weighted by Gasteiger charge is -2.25. The Morgan fingerprint density at radius 1 is 1.05 bits per heavy atom. The molecule has 0 bridgehead atoms. The minimum atomic E-state index is -0.179. The van der Waals surface area contributed by atoms with Crippen LogP contribution < -0.4 is 24.4 Å². The van der Waals surface area contributed by atoms with E-state index in [9.17, 15) is 5.11 Å². The van der Waals surface area contributed by atoms with Crippen LogP contribution in [0.15, 0.2) is 24.7 Å². The van der Waals surface area contributed by atoms with Crippen LogP contribution >= 0.6 is 0 Å². The summed E-state index contributed by atoms with van der Waals surface area (Å²) in [6.45, 7) is 3.48. The molecule has 1 aromatic carbocycles. The highest BCUT2D eigenvalue weighted by atomic mass is 16.5. The number of aromatic nitrogens is 6. The molecule has 2 aliphatic rings. The summed E-state index contributed by atoms with van der Waals surface area (Å²) in [5.74, 6) is 3.35. The fraction of sp³-hybridized carbons (Fsp3) is 0.500. The van der Waals surface area contributed by atoms with E-state index in [0.717, 1.165) is 55.4 Å². The summed E-state index contributed by atoms with van der Waals surface area (Å²) in [6, 6.07) is 3.69. The topological polar surface area (TPSA) is 134 Å². The Morgan fingerprint density at radius 3 is 2.54 bits per heavy atom. The van der Waals surface area contributed by atoms with E-state index in [1.54, 1.807) is 27.7 Å². The Balaban J connectivity index is 1.40. The predicted molar refractivity (Wildman–Crippen MR) is 153 cm³/mol. The lowest BCUT2D eigenvalue weighted by molar-refractivity contribution is -0.0371. The molecule has 2 N–H and O–H groups in total. The van der Waals surface area contributed by atoms with Crippen LogP contribution in [0.5, 0.6) is 17.2 Å². The Labute approximate surface area is 238 Å². The highest BCUT2D eigenvalue weighted by Gasteiger charge is 2.30. The fourth-order valence-corrected chi connectivity index (χ4v) is 5.69. The van der Waals surface area contributed by atoms with E-state index < -0.39 is 0 Å². The maximum atomic E-state index is 10.0. The number of benzene rings is 1. The molecule has 1 unspecified atom stereocenters. The number of anilines is 3. The molecule has 4 aromatic rings. The molecule has 2 atom stereocenters. The van der Waals surface area contributed by atoms with Gasteiger partial charge in [0.15, 0.2) is 23.4 Å². The SMILES string of the molecule is COc1cc(-n2cnc(Nc3nc(N4CCC[C@H]4CO)nc4c3c(C)nn4C3CCCCO3)c2)cc(OC)c1OC. The van der Waals surface area contributed by atoms with Crippen LogP contribution in [0.3, 0.4) is 0 Å². The molecule has 0 saturated carbocycles. The van der Waals surface area contributed by atoms with Crippen LogP contribution in [0.1, 0.15) is 44.0 Å². The number of nitrogens with zero attached hydrogens (tertiary/aromatic N) is 7. The van der Waals surface area contributed by atoms with E-state index in [4.69, 9.17) is 34.0 Å². The normalized spacial score (nSPS) is 19.1. The minimum Gasteiger partial charge on any atom is -0.493 e. The number of ether oxygens (including phenoxy) is 4. The average molecular weight is 565 g/mol. The maximum Gasteiger partial charge on any atom is 0.229 e. The standard InChI is InChI=1S/C28H36N8O5/c1-17-24-26(30-22-14-34(16-29-22)19-12-20(38-2)25(40-4)21(13-19)39-3)31-28(35-10-7-8-18(35)15-37)32-27(24)36(33-17)23-9-5-6-11-41-23/h12-14,16,18,23,37H,5-11,15H2,1-4H3,(H,30,31,32)/t18-,23?/m0/s1. The molecule has 0 amide bonds. The van der Waals surface area contributed by atoms with Crippen molar-refractivity contribution in [1.29, 1.82) is 0 Å². The van der Waals surface area contributed by atoms with Crippen molar-refractivity contribution in [3.63, 3.8) is 0 Å². The highest BCUT2D eigenvalue weighted by Crippen LogP contribution is 2.40. The Hall–Kier alpha value is -4.10. The fourth-order valence-electron chi connectivity index (χ4n) is 5.69. The van der Waals surface area contributed by atoms with Crippen molar-refractivity contribution in [3.05, 3.63) is 30.4 Å². The molecule has 2 fully saturated rings. The molecule has 0 spiro atoms. The summed E-state index contributed by atoms with van der Waals surface area (Å²) in [5.41, 5.74) is 2.29. The molecule has 13 nitrogen and oxygen atoms in total. The number of hydrogen-bond donors (Lipinski definition) is 2. The number of aliphatic hydroxyl groups is 1. The molecule has 5 heterocycles. The van der Waals surface area contributed by atoms with Crippen LogP contribution in [0.4, 0.5) is 17.6 Å². The monoisotopic (exact) mass is 564 g/mol. The van der Waals surface area contributed by atoms with E-state index in [1.165, 1.54) is 0 Å². The van der Waals surface area contributed by atoms with Gasteiger partial charge in [-0.05, 0) is 39.0 Å². The number of fused-ring (bicyclic) bond motifs is 1. The van der Waals surface area contributed by atoms with E-state index in [1.807, 2.05) is 34.5 Å². The zero-order valence-electron chi connectivity index (χ0n) is 23.8. The van der Waals surface area contributed by atoms with Gasteiger partial charge in [-0.1, -0.05) is 0 Å². The van der Waals surface area contributed by atoms with Gasteiger partial charge in [-0.2, -0.15) is 15.1 Å². The second-order valence-electron chi connectivity index (χ2n) is 10.3. The van der Waals surface area contributed by atoms with Crippen molar-refractivity contribution >= 4 is 28.6 Å². The van der Waals surface area contributed by atoms with Gasteiger partial charge in [0.2, 0.25) is 11.7 Å². The summed E-state index contributed by atoms with van der Waals surface area (Å²) in [5, 5.41) is 19.1. The third kappa shape index (κ3) is 4.99. The summed E-state index contributed by atoms with van der Waals surface area (Å²) in [4.78, 5) is 16.6. The number of imidazole rings is 1. The molecule has 13 heteroatoms. The first-order valence-electron chi connectivity index (χ1n) is 13.9. The van der Waals surface area contributed by atoms with Gasteiger partial charge in [0.1, 0.15) is 18.0 Å². The lowest BCUT2D eigenvalue weighted by atomic mass is 10.2. The molecular weight excluding hydrogens is 528 g/mol.